The monoisotopic (exact) mass is 360 g/mol. The molecule has 1 aliphatic heterocycles. The fraction of sp³-hybridized carbons (Fsp3) is 0.667. The summed E-state index contributed by atoms with van der Waals surface area (Å²) in [5.41, 5.74) is -0.162. The fourth-order valence-corrected chi connectivity index (χ4v) is 3.43. The van der Waals surface area contributed by atoms with Crippen molar-refractivity contribution in [2.75, 3.05) is 13.1 Å². The van der Waals surface area contributed by atoms with E-state index >= 15 is 0 Å². The summed E-state index contributed by atoms with van der Waals surface area (Å²) >= 11 is 0. The maximum atomic E-state index is 12.5. The smallest absolute Gasteiger partial charge is 0.322 e. The molecule has 0 spiro atoms. The Bertz CT molecular complexity index is 722. The second-order valence-corrected chi connectivity index (χ2v) is 6.96. The van der Waals surface area contributed by atoms with E-state index in [1.165, 1.54) is 4.90 Å². The molecule has 0 aliphatic carbocycles. The summed E-state index contributed by atoms with van der Waals surface area (Å²) < 4.78 is 24.3. The Morgan fingerprint density at radius 3 is 2.62 bits per heavy atom. The molecule has 24 heavy (non-hydrogen) atoms. The molecule has 4 N–H and O–H groups in total. The number of aromatic nitrogens is 2. The predicted molar refractivity (Wildman–Crippen MR) is 84.4 cm³/mol. The molecule has 1 saturated heterocycles. The molecule has 0 aromatic carbocycles. The number of nitrogens with two attached hydrogens (primary N) is 1. The number of H-pyrrole nitrogens is 1. The number of likely N-dealkylation sites (tertiary alicyclic amines) is 1. The van der Waals surface area contributed by atoms with E-state index in [0.717, 1.165) is 0 Å². The van der Waals surface area contributed by atoms with Gasteiger partial charge in [-0.3, -0.25) is 20.0 Å². The summed E-state index contributed by atoms with van der Waals surface area (Å²) in [6, 6.07) is -0.353. The van der Waals surface area contributed by atoms with Gasteiger partial charge in [-0.1, -0.05) is 13.3 Å². The van der Waals surface area contributed by atoms with Crippen molar-refractivity contribution in [3.05, 3.63) is 21.5 Å². The van der Waals surface area contributed by atoms with Crippen molar-refractivity contribution in [2.45, 2.75) is 38.6 Å². The van der Waals surface area contributed by atoms with Crippen molar-refractivity contribution >= 4 is 21.8 Å². The largest absolute Gasteiger partial charge is 0.337 e. The number of nitrogens with zero attached hydrogens (tertiary/aromatic N) is 3. The van der Waals surface area contributed by atoms with Crippen LogP contribution in [0, 0.1) is 10.1 Å². The van der Waals surface area contributed by atoms with Crippen molar-refractivity contribution < 1.29 is 18.1 Å². The van der Waals surface area contributed by atoms with Crippen LogP contribution in [0.4, 0.5) is 5.69 Å². The van der Waals surface area contributed by atoms with Crippen LogP contribution in [0.15, 0.2) is 0 Å². The number of aromatic amines is 1. The first-order valence-corrected chi connectivity index (χ1v) is 9.08. The SMILES string of the molecule is CCCc1[nH]nc(C(=O)N2CCC(NS(N)(=O)=O)CC2)c1[N+](=O)[O-]. The number of hydrogen-bond donors (Lipinski definition) is 3. The van der Waals surface area contributed by atoms with E-state index in [-0.39, 0.29) is 30.5 Å². The summed E-state index contributed by atoms with van der Waals surface area (Å²) in [6.07, 6.45) is 1.86. The van der Waals surface area contributed by atoms with E-state index in [0.29, 0.717) is 31.4 Å². The molecular formula is C12H20N6O5S. The standard InChI is InChI=1S/C12H20N6O5S/c1-2-3-9-11(18(20)21)10(15-14-9)12(19)17-6-4-8(5-7-17)16-24(13,22)23/h8,16H,2-7H2,1H3,(H,14,15)(H2,13,22,23). The Morgan fingerprint density at radius 2 is 2.12 bits per heavy atom. The molecule has 0 saturated carbocycles. The van der Waals surface area contributed by atoms with Gasteiger partial charge in [0.2, 0.25) is 5.69 Å². The van der Waals surface area contributed by atoms with Gasteiger partial charge in [0.15, 0.2) is 0 Å². The van der Waals surface area contributed by atoms with Gasteiger partial charge in [0.05, 0.1) is 4.92 Å². The lowest BCUT2D eigenvalue weighted by atomic mass is 10.1. The Morgan fingerprint density at radius 1 is 1.50 bits per heavy atom. The van der Waals surface area contributed by atoms with E-state index in [1.54, 1.807) is 0 Å². The molecule has 0 radical (unpaired) electrons. The molecule has 1 aromatic heterocycles. The normalized spacial score (nSPS) is 16.3. The number of amides is 1. The average Bonchev–Trinajstić information content (AvgIpc) is 2.90. The molecule has 2 heterocycles. The molecule has 2 rings (SSSR count). The topological polar surface area (TPSA) is 164 Å². The highest BCUT2D eigenvalue weighted by Crippen LogP contribution is 2.25. The maximum absolute atomic E-state index is 12.5. The zero-order valence-electron chi connectivity index (χ0n) is 13.2. The molecular weight excluding hydrogens is 340 g/mol. The molecule has 1 aliphatic rings. The highest BCUT2D eigenvalue weighted by molar-refractivity contribution is 7.87. The molecule has 12 heteroatoms. The Hall–Kier alpha value is -2.05. The van der Waals surface area contributed by atoms with E-state index in [9.17, 15) is 23.3 Å². The van der Waals surface area contributed by atoms with Crippen molar-refractivity contribution in [1.82, 2.24) is 19.8 Å². The number of carbonyl (C=O) groups excluding carboxylic acids is 1. The molecule has 0 unspecified atom stereocenters. The van der Waals surface area contributed by atoms with Gasteiger partial charge in [-0.15, -0.1) is 0 Å². The van der Waals surface area contributed by atoms with Crippen LogP contribution < -0.4 is 9.86 Å². The molecule has 0 bridgehead atoms. The Balaban J connectivity index is 2.10. The summed E-state index contributed by atoms with van der Waals surface area (Å²) in [5, 5.41) is 22.6. The second kappa shape index (κ2) is 7.23. The zero-order valence-corrected chi connectivity index (χ0v) is 14.0. The molecule has 0 atom stereocenters. The van der Waals surface area contributed by atoms with Crippen molar-refractivity contribution in [3.63, 3.8) is 0 Å². The average molecular weight is 360 g/mol. The lowest BCUT2D eigenvalue weighted by molar-refractivity contribution is -0.385. The fourth-order valence-electron chi connectivity index (χ4n) is 2.72. The summed E-state index contributed by atoms with van der Waals surface area (Å²) in [4.78, 5) is 24.6. The number of rotatable bonds is 6. The quantitative estimate of drug-likeness (QED) is 0.464. The number of carbonyl (C=O) groups is 1. The minimum absolute atomic E-state index is 0.207. The van der Waals surface area contributed by atoms with E-state index < -0.39 is 21.0 Å². The number of piperidine rings is 1. The van der Waals surface area contributed by atoms with E-state index in [1.807, 2.05) is 6.92 Å². The third-order valence-corrected chi connectivity index (χ3v) is 4.47. The first kappa shape index (κ1) is 18.3. The lowest BCUT2D eigenvalue weighted by Crippen LogP contribution is -2.48. The summed E-state index contributed by atoms with van der Waals surface area (Å²) in [7, 11) is -3.79. The van der Waals surface area contributed by atoms with Gasteiger partial charge >= 0.3 is 5.69 Å². The van der Waals surface area contributed by atoms with Crippen LogP contribution in [0.2, 0.25) is 0 Å². The van der Waals surface area contributed by atoms with Crippen LogP contribution in [0.25, 0.3) is 0 Å². The third kappa shape index (κ3) is 4.27. The predicted octanol–water partition coefficient (Wildman–Crippen LogP) is -0.332. The van der Waals surface area contributed by atoms with E-state index in [2.05, 4.69) is 14.9 Å². The van der Waals surface area contributed by atoms with Gasteiger partial charge < -0.3 is 4.90 Å². The van der Waals surface area contributed by atoms with Gasteiger partial charge in [-0.25, -0.2) is 5.14 Å². The molecule has 1 amide bonds. The first-order chi connectivity index (χ1) is 11.2. The van der Waals surface area contributed by atoms with Crippen LogP contribution in [0.1, 0.15) is 42.4 Å². The van der Waals surface area contributed by atoms with Crippen LogP contribution in [-0.4, -0.2) is 53.5 Å². The highest BCUT2D eigenvalue weighted by atomic mass is 32.2. The van der Waals surface area contributed by atoms with Crippen LogP contribution in [0.5, 0.6) is 0 Å². The summed E-state index contributed by atoms with van der Waals surface area (Å²) in [5.74, 6) is -0.533. The lowest BCUT2D eigenvalue weighted by Gasteiger charge is -2.31. The minimum Gasteiger partial charge on any atom is -0.337 e. The minimum atomic E-state index is -3.79. The van der Waals surface area contributed by atoms with Gasteiger partial charge in [-0.2, -0.15) is 18.2 Å². The van der Waals surface area contributed by atoms with Gasteiger partial charge in [-0.05, 0) is 19.3 Å². The van der Waals surface area contributed by atoms with Crippen LogP contribution in [-0.2, 0) is 16.6 Å². The first-order valence-electron chi connectivity index (χ1n) is 7.54. The highest BCUT2D eigenvalue weighted by Gasteiger charge is 2.33. The number of hydrogen-bond acceptors (Lipinski definition) is 6. The molecule has 134 valence electrons. The van der Waals surface area contributed by atoms with Crippen LogP contribution >= 0.6 is 0 Å². The molecule has 1 aromatic rings. The van der Waals surface area contributed by atoms with Crippen LogP contribution in [0.3, 0.4) is 0 Å². The summed E-state index contributed by atoms with van der Waals surface area (Å²) in [6.45, 7) is 2.40. The van der Waals surface area contributed by atoms with Crippen molar-refractivity contribution in [3.8, 4) is 0 Å². The van der Waals surface area contributed by atoms with Crippen molar-refractivity contribution in [1.29, 1.82) is 0 Å². The second-order valence-electron chi connectivity index (χ2n) is 5.64. The third-order valence-electron chi connectivity index (χ3n) is 3.81. The molecule has 1 fully saturated rings. The number of nitro groups is 1. The number of aryl methyl sites for hydroxylation is 1. The van der Waals surface area contributed by atoms with Crippen molar-refractivity contribution in [2.24, 2.45) is 5.14 Å². The molecule has 11 nitrogen and oxygen atoms in total. The maximum Gasteiger partial charge on any atom is 0.322 e. The van der Waals surface area contributed by atoms with E-state index in [4.69, 9.17) is 5.14 Å². The van der Waals surface area contributed by atoms with Gasteiger partial charge in [0.1, 0.15) is 5.69 Å². The Labute approximate surface area is 138 Å². The van der Waals surface area contributed by atoms with Gasteiger partial charge in [0, 0.05) is 19.1 Å². The zero-order chi connectivity index (χ0) is 17.9. The number of nitrogens with one attached hydrogen (secondary N) is 2. The van der Waals surface area contributed by atoms with Gasteiger partial charge in [0.25, 0.3) is 16.1 Å². The Kier molecular flexibility index (Phi) is 5.51.